The van der Waals surface area contributed by atoms with E-state index in [1.54, 1.807) is 18.7 Å². The van der Waals surface area contributed by atoms with Crippen LogP contribution in [0.3, 0.4) is 0 Å². The average Bonchev–Trinajstić information content (AvgIpc) is 2.78. The fourth-order valence-corrected chi connectivity index (χ4v) is 2.86. The molecule has 2 amide bonds. The summed E-state index contributed by atoms with van der Waals surface area (Å²) in [5, 5.41) is 2.84. The van der Waals surface area contributed by atoms with Crippen molar-refractivity contribution in [2.75, 3.05) is 13.2 Å². The van der Waals surface area contributed by atoms with Crippen LogP contribution in [-0.2, 0) is 14.3 Å². The molecule has 2 saturated heterocycles. The summed E-state index contributed by atoms with van der Waals surface area (Å²) >= 11 is 0. The molecule has 0 spiro atoms. The van der Waals surface area contributed by atoms with Crippen LogP contribution in [0.2, 0.25) is 0 Å². The fraction of sp³-hybridized carbons (Fsp3) is 0.857. The summed E-state index contributed by atoms with van der Waals surface area (Å²) in [5.41, 5.74) is -0.812. The van der Waals surface area contributed by atoms with Gasteiger partial charge in [-0.2, -0.15) is 0 Å². The van der Waals surface area contributed by atoms with Gasteiger partial charge in [0.2, 0.25) is 11.8 Å². The third-order valence-electron chi connectivity index (χ3n) is 3.84. The standard InChI is InChI=1S/C14H24N2O3/c1-9(2)7-11-12(17)15-14(3,4)13(18)16(11)10-5-6-19-8-10/h9-11H,5-8H2,1-4H3,(H,15,17). The van der Waals surface area contributed by atoms with Crippen molar-refractivity contribution in [3.05, 3.63) is 0 Å². The molecule has 0 aromatic heterocycles. The summed E-state index contributed by atoms with van der Waals surface area (Å²) in [7, 11) is 0. The van der Waals surface area contributed by atoms with Crippen molar-refractivity contribution < 1.29 is 14.3 Å². The molecule has 19 heavy (non-hydrogen) atoms. The first kappa shape index (κ1) is 14.3. The van der Waals surface area contributed by atoms with E-state index in [1.165, 1.54) is 0 Å². The topological polar surface area (TPSA) is 58.6 Å². The lowest BCUT2D eigenvalue weighted by molar-refractivity contribution is -0.157. The molecule has 0 saturated carbocycles. The van der Waals surface area contributed by atoms with Gasteiger partial charge >= 0.3 is 0 Å². The highest BCUT2D eigenvalue weighted by Crippen LogP contribution is 2.27. The van der Waals surface area contributed by atoms with Gasteiger partial charge in [0.25, 0.3) is 0 Å². The number of ether oxygens (including phenoxy) is 1. The number of rotatable bonds is 3. The summed E-state index contributed by atoms with van der Waals surface area (Å²) in [6.07, 6.45) is 1.52. The van der Waals surface area contributed by atoms with E-state index in [9.17, 15) is 9.59 Å². The van der Waals surface area contributed by atoms with Crippen molar-refractivity contribution in [3.63, 3.8) is 0 Å². The fourth-order valence-electron chi connectivity index (χ4n) is 2.86. The van der Waals surface area contributed by atoms with Crippen LogP contribution in [0.5, 0.6) is 0 Å². The first-order chi connectivity index (χ1) is 8.83. The van der Waals surface area contributed by atoms with Gasteiger partial charge in [0, 0.05) is 6.61 Å². The Morgan fingerprint density at radius 1 is 1.42 bits per heavy atom. The summed E-state index contributed by atoms with van der Waals surface area (Å²) in [5.74, 6) is 0.341. The molecule has 0 aromatic carbocycles. The number of nitrogens with zero attached hydrogens (tertiary/aromatic N) is 1. The Labute approximate surface area is 114 Å². The maximum Gasteiger partial charge on any atom is 0.248 e. The molecule has 2 aliphatic heterocycles. The minimum atomic E-state index is -0.812. The molecular formula is C14H24N2O3. The van der Waals surface area contributed by atoms with E-state index in [0.29, 0.717) is 25.6 Å². The Hall–Kier alpha value is -1.10. The highest BCUT2D eigenvalue weighted by Gasteiger charge is 2.48. The van der Waals surface area contributed by atoms with Crippen LogP contribution in [0.4, 0.5) is 0 Å². The van der Waals surface area contributed by atoms with E-state index in [0.717, 1.165) is 6.42 Å². The Balaban J connectivity index is 2.27. The first-order valence-corrected chi connectivity index (χ1v) is 7.05. The number of amides is 2. The molecule has 2 aliphatic rings. The van der Waals surface area contributed by atoms with Crippen LogP contribution in [0.15, 0.2) is 0 Å². The molecular weight excluding hydrogens is 244 g/mol. The molecule has 2 rings (SSSR count). The SMILES string of the molecule is CC(C)CC1C(=O)NC(C)(C)C(=O)N1C1CCOC1. The third kappa shape index (κ3) is 2.76. The van der Waals surface area contributed by atoms with Gasteiger partial charge < -0.3 is 15.0 Å². The Morgan fingerprint density at radius 3 is 2.63 bits per heavy atom. The van der Waals surface area contributed by atoms with E-state index in [4.69, 9.17) is 4.74 Å². The Morgan fingerprint density at radius 2 is 2.11 bits per heavy atom. The van der Waals surface area contributed by atoms with Crippen LogP contribution in [0.1, 0.15) is 40.5 Å². The van der Waals surface area contributed by atoms with Crippen LogP contribution in [-0.4, -0.2) is 47.6 Å². The monoisotopic (exact) mass is 268 g/mol. The summed E-state index contributed by atoms with van der Waals surface area (Å²) < 4.78 is 5.39. The number of hydrogen-bond acceptors (Lipinski definition) is 3. The van der Waals surface area contributed by atoms with Crippen molar-refractivity contribution >= 4 is 11.8 Å². The van der Waals surface area contributed by atoms with Gasteiger partial charge in [-0.05, 0) is 32.6 Å². The van der Waals surface area contributed by atoms with Gasteiger partial charge in [0.1, 0.15) is 11.6 Å². The van der Waals surface area contributed by atoms with Gasteiger partial charge in [0.15, 0.2) is 0 Å². The van der Waals surface area contributed by atoms with E-state index in [1.807, 2.05) is 0 Å². The lowest BCUT2D eigenvalue weighted by Gasteiger charge is -2.45. The van der Waals surface area contributed by atoms with Crippen molar-refractivity contribution in [1.82, 2.24) is 10.2 Å². The van der Waals surface area contributed by atoms with E-state index in [2.05, 4.69) is 19.2 Å². The molecule has 0 bridgehead atoms. The minimum absolute atomic E-state index is 0.00764. The van der Waals surface area contributed by atoms with Crippen molar-refractivity contribution in [1.29, 1.82) is 0 Å². The largest absolute Gasteiger partial charge is 0.379 e. The zero-order chi connectivity index (χ0) is 14.2. The summed E-state index contributed by atoms with van der Waals surface area (Å²) in [4.78, 5) is 26.7. The highest BCUT2D eigenvalue weighted by atomic mass is 16.5. The molecule has 0 radical (unpaired) electrons. The molecule has 1 N–H and O–H groups in total. The molecule has 2 unspecified atom stereocenters. The smallest absolute Gasteiger partial charge is 0.248 e. The predicted octanol–water partition coefficient (Wildman–Crippen LogP) is 0.927. The maximum absolute atomic E-state index is 12.6. The number of carbonyl (C=O) groups excluding carboxylic acids is 2. The molecule has 108 valence electrons. The van der Waals surface area contributed by atoms with E-state index < -0.39 is 5.54 Å². The maximum atomic E-state index is 12.6. The third-order valence-corrected chi connectivity index (χ3v) is 3.84. The average molecular weight is 268 g/mol. The number of piperazine rings is 1. The summed E-state index contributed by atoms with van der Waals surface area (Å²) in [6, 6.07) is -0.311. The molecule has 2 atom stereocenters. The Kier molecular flexibility index (Phi) is 3.85. The molecule has 0 aliphatic carbocycles. The number of hydrogen-bond donors (Lipinski definition) is 1. The van der Waals surface area contributed by atoms with Gasteiger partial charge in [-0.3, -0.25) is 9.59 Å². The van der Waals surface area contributed by atoms with Crippen LogP contribution in [0.25, 0.3) is 0 Å². The van der Waals surface area contributed by atoms with Gasteiger partial charge in [0.05, 0.1) is 12.6 Å². The quantitative estimate of drug-likeness (QED) is 0.828. The molecule has 2 heterocycles. The molecule has 5 nitrogen and oxygen atoms in total. The lowest BCUT2D eigenvalue weighted by Crippen LogP contribution is -2.70. The van der Waals surface area contributed by atoms with Crippen LogP contribution in [0, 0.1) is 5.92 Å². The molecule has 5 heteroatoms. The summed E-state index contributed by atoms with van der Waals surface area (Å²) in [6.45, 7) is 8.89. The van der Waals surface area contributed by atoms with Gasteiger partial charge in [-0.25, -0.2) is 0 Å². The second-order valence-electron chi connectivity index (χ2n) is 6.49. The van der Waals surface area contributed by atoms with Crippen molar-refractivity contribution in [2.45, 2.75) is 58.2 Å². The zero-order valence-electron chi connectivity index (χ0n) is 12.2. The van der Waals surface area contributed by atoms with E-state index >= 15 is 0 Å². The second-order valence-corrected chi connectivity index (χ2v) is 6.49. The highest BCUT2D eigenvalue weighted by molar-refractivity contribution is 5.99. The first-order valence-electron chi connectivity index (χ1n) is 7.05. The lowest BCUT2D eigenvalue weighted by atomic mass is 9.91. The van der Waals surface area contributed by atoms with Gasteiger partial charge in [-0.15, -0.1) is 0 Å². The van der Waals surface area contributed by atoms with E-state index in [-0.39, 0.29) is 23.9 Å². The number of nitrogens with one attached hydrogen (secondary N) is 1. The van der Waals surface area contributed by atoms with Crippen LogP contribution >= 0.6 is 0 Å². The normalized spacial score (nSPS) is 30.9. The molecule has 0 aromatic rings. The van der Waals surface area contributed by atoms with Crippen molar-refractivity contribution in [2.24, 2.45) is 5.92 Å². The van der Waals surface area contributed by atoms with Gasteiger partial charge in [-0.1, -0.05) is 13.8 Å². The van der Waals surface area contributed by atoms with Crippen molar-refractivity contribution in [3.8, 4) is 0 Å². The number of carbonyl (C=O) groups is 2. The zero-order valence-corrected chi connectivity index (χ0v) is 12.2. The predicted molar refractivity (Wildman–Crippen MR) is 71.5 cm³/mol. The minimum Gasteiger partial charge on any atom is -0.379 e. The van der Waals surface area contributed by atoms with Crippen LogP contribution < -0.4 is 5.32 Å². The molecule has 2 fully saturated rings. The second kappa shape index (κ2) is 5.12. The Bertz CT molecular complexity index is 373.